The summed E-state index contributed by atoms with van der Waals surface area (Å²) in [7, 11) is 0. The molecule has 21 heavy (non-hydrogen) atoms. The number of fused-ring (bicyclic) bond motifs is 2. The van der Waals surface area contributed by atoms with Crippen molar-refractivity contribution in [2.24, 2.45) is 11.8 Å². The predicted molar refractivity (Wildman–Crippen MR) is 90.0 cm³/mol. The highest BCUT2D eigenvalue weighted by atomic mass is 35.5. The molecule has 0 spiro atoms. The van der Waals surface area contributed by atoms with Gasteiger partial charge in [-0.2, -0.15) is 0 Å². The maximum Gasteiger partial charge on any atom is 0.230 e. The smallest absolute Gasteiger partial charge is 0.230 e. The summed E-state index contributed by atoms with van der Waals surface area (Å²) in [4.78, 5) is 12.0. The van der Waals surface area contributed by atoms with Crippen molar-refractivity contribution < 1.29 is 4.79 Å². The van der Waals surface area contributed by atoms with Crippen LogP contribution in [0.1, 0.15) is 31.2 Å². The molecule has 0 saturated heterocycles. The van der Waals surface area contributed by atoms with E-state index in [1.54, 1.807) is 17.8 Å². The van der Waals surface area contributed by atoms with Gasteiger partial charge in [0.2, 0.25) is 5.91 Å². The molecule has 2 aliphatic rings. The van der Waals surface area contributed by atoms with Crippen molar-refractivity contribution in [3.63, 3.8) is 0 Å². The van der Waals surface area contributed by atoms with Gasteiger partial charge in [-0.3, -0.25) is 4.79 Å². The van der Waals surface area contributed by atoms with E-state index in [2.05, 4.69) is 5.32 Å². The van der Waals surface area contributed by atoms with Crippen molar-refractivity contribution in [3.8, 4) is 0 Å². The molecule has 1 N–H and O–H groups in total. The molecule has 5 heteroatoms. The zero-order valence-corrected chi connectivity index (χ0v) is 14.1. The molecule has 2 bridgehead atoms. The summed E-state index contributed by atoms with van der Waals surface area (Å²) in [6.45, 7) is 0. The number of hydrogen-bond donors (Lipinski definition) is 1. The minimum atomic E-state index is 0.164. The van der Waals surface area contributed by atoms with Crippen LogP contribution in [0.2, 0.25) is 10.0 Å². The summed E-state index contributed by atoms with van der Waals surface area (Å²) >= 11 is 13.5. The van der Waals surface area contributed by atoms with E-state index in [0.29, 0.717) is 21.8 Å². The number of thioether (sulfide) groups is 1. The lowest BCUT2D eigenvalue weighted by molar-refractivity contribution is -0.119. The maximum absolute atomic E-state index is 12.0. The van der Waals surface area contributed by atoms with E-state index in [0.717, 1.165) is 23.2 Å². The second-order valence-corrected chi connectivity index (χ2v) is 7.89. The van der Waals surface area contributed by atoms with Gasteiger partial charge in [0.05, 0.1) is 15.8 Å². The van der Waals surface area contributed by atoms with Gasteiger partial charge in [-0.25, -0.2) is 0 Å². The van der Waals surface area contributed by atoms with Gasteiger partial charge in [0.1, 0.15) is 0 Å². The first-order chi connectivity index (χ1) is 10.1. The van der Waals surface area contributed by atoms with Crippen LogP contribution in [0.15, 0.2) is 18.2 Å². The average molecular weight is 344 g/mol. The van der Waals surface area contributed by atoms with Crippen molar-refractivity contribution in [2.75, 3.05) is 5.75 Å². The van der Waals surface area contributed by atoms with Crippen molar-refractivity contribution in [2.45, 2.75) is 37.5 Å². The van der Waals surface area contributed by atoms with Crippen molar-refractivity contribution in [1.82, 2.24) is 5.32 Å². The number of rotatable bonds is 5. The van der Waals surface area contributed by atoms with Gasteiger partial charge >= 0.3 is 0 Å². The Bertz CT molecular complexity index is 537. The Hall–Kier alpha value is -0.380. The van der Waals surface area contributed by atoms with Crippen LogP contribution in [-0.2, 0) is 10.5 Å². The van der Waals surface area contributed by atoms with E-state index in [1.165, 1.54) is 25.7 Å². The van der Waals surface area contributed by atoms with Crippen LogP contribution >= 0.6 is 35.0 Å². The van der Waals surface area contributed by atoms with E-state index in [1.807, 2.05) is 12.1 Å². The Morgan fingerprint density at radius 3 is 2.76 bits per heavy atom. The van der Waals surface area contributed by atoms with E-state index in [9.17, 15) is 4.79 Å². The van der Waals surface area contributed by atoms with Crippen LogP contribution in [0, 0.1) is 11.8 Å². The molecule has 1 aromatic rings. The third-order valence-electron chi connectivity index (χ3n) is 4.57. The Morgan fingerprint density at radius 1 is 1.24 bits per heavy atom. The monoisotopic (exact) mass is 343 g/mol. The van der Waals surface area contributed by atoms with Crippen LogP contribution in [0.3, 0.4) is 0 Å². The van der Waals surface area contributed by atoms with Gasteiger partial charge in [-0.15, -0.1) is 11.8 Å². The number of carbonyl (C=O) groups is 1. The van der Waals surface area contributed by atoms with E-state index in [-0.39, 0.29) is 5.91 Å². The zero-order chi connectivity index (χ0) is 14.8. The third kappa shape index (κ3) is 3.88. The fourth-order valence-electron chi connectivity index (χ4n) is 3.56. The minimum Gasteiger partial charge on any atom is -0.352 e. The van der Waals surface area contributed by atoms with Gasteiger partial charge in [-0.1, -0.05) is 35.7 Å². The van der Waals surface area contributed by atoms with Gasteiger partial charge in [-0.05, 0) is 48.8 Å². The van der Waals surface area contributed by atoms with Crippen molar-refractivity contribution in [3.05, 3.63) is 33.8 Å². The number of halogens is 2. The third-order valence-corrected chi connectivity index (χ3v) is 6.31. The Morgan fingerprint density at radius 2 is 2.10 bits per heavy atom. The number of nitrogens with one attached hydrogen (secondary N) is 1. The largest absolute Gasteiger partial charge is 0.352 e. The molecule has 3 atom stereocenters. The predicted octanol–water partition coefficient (Wildman–Crippen LogP) is 4.53. The summed E-state index contributed by atoms with van der Waals surface area (Å²) in [5.41, 5.74) is 1.10. The summed E-state index contributed by atoms with van der Waals surface area (Å²) in [5, 5.41) is 4.35. The second-order valence-electron chi connectivity index (χ2n) is 6.09. The molecule has 3 rings (SSSR count). The van der Waals surface area contributed by atoms with Gasteiger partial charge in [0.25, 0.3) is 0 Å². The van der Waals surface area contributed by atoms with Crippen LogP contribution in [0.25, 0.3) is 0 Å². The topological polar surface area (TPSA) is 29.1 Å². The molecule has 2 fully saturated rings. The highest BCUT2D eigenvalue weighted by Gasteiger charge is 2.39. The summed E-state index contributed by atoms with van der Waals surface area (Å²) in [5.74, 6) is 3.05. The molecule has 1 aromatic carbocycles. The Kier molecular flexibility index (Phi) is 5.03. The lowest BCUT2D eigenvalue weighted by Gasteiger charge is -2.22. The van der Waals surface area contributed by atoms with E-state index in [4.69, 9.17) is 23.2 Å². The highest BCUT2D eigenvalue weighted by molar-refractivity contribution is 7.99. The number of carbonyl (C=O) groups excluding carboxylic acids is 1. The normalized spacial score (nSPS) is 27.0. The van der Waals surface area contributed by atoms with E-state index < -0.39 is 0 Å². The molecule has 2 aliphatic carbocycles. The molecule has 1 amide bonds. The summed E-state index contributed by atoms with van der Waals surface area (Å²) in [6.07, 6.45) is 5.17. The number of hydrogen-bond acceptors (Lipinski definition) is 2. The van der Waals surface area contributed by atoms with Gasteiger partial charge in [0.15, 0.2) is 0 Å². The molecule has 0 aromatic heterocycles. The fraction of sp³-hybridized carbons (Fsp3) is 0.562. The highest BCUT2D eigenvalue weighted by Crippen LogP contribution is 2.44. The number of amides is 1. The molecule has 2 saturated carbocycles. The van der Waals surface area contributed by atoms with Crippen LogP contribution in [0.5, 0.6) is 0 Å². The number of benzene rings is 1. The molecular weight excluding hydrogens is 325 g/mol. The lowest BCUT2D eigenvalue weighted by Crippen LogP contribution is -2.39. The molecule has 2 nitrogen and oxygen atoms in total. The zero-order valence-electron chi connectivity index (χ0n) is 11.8. The molecule has 3 unspecified atom stereocenters. The Balaban J connectivity index is 1.40. The van der Waals surface area contributed by atoms with Crippen LogP contribution < -0.4 is 5.32 Å². The quantitative estimate of drug-likeness (QED) is 0.850. The average Bonchev–Trinajstić information content (AvgIpc) is 3.05. The van der Waals surface area contributed by atoms with Crippen molar-refractivity contribution in [1.29, 1.82) is 0 Å². The second kappa shape index (κ2) is 6.80. The summed E-state index contributed by atoms with van der Waals surface area (Å²) in [6, 6.07) is 6.05. The fourth-order valence-corrected chi connectivity index (χ4v) is 4.67. The molecular formula is C16H19Cl2NOS. The molecule has 0 radical (unpaired) electrons. The first-order valence-corrected chi connectivity index (χ1v) is 9.34. The molecule has 0 aliphatic heterocycles. The summed E-state index contributed by atoms with van der Waals surface area (Å²) < 4.78 is 0. The first-order valence-electron chi connectivity index (χ1n) is 7.43. The van der Waals surface area contributed by atoms with Crippen LogP contribution in [-0.4, -0.2) is 17.7 Å². The minimum absolute atomic E-state index is 0.164. The van der Waals surface area contributed by atoms with Crippen molar-refractivity contribution >= 4 is 40.9 Å². The first kappa shape index (κ1) is 15.5. The molecule has 114 valence electrons. The Labute approximate surface area is 140 Å². The lowest BCUT2D eigenvalue weighted by atomic mass is 9.95. The molecule has 0 heterocycles. The SMILES string of the molecule is O=C(CSCc1ccc(Cl)c(Cl)c1)NC1CC2CCC1C2. The van der Waals surface area contributed by atoms with Crippen LogP contribution in [0.4, 0.5) is 0 Å². The maximum atomic E-state index is 12.0. The van der Waals surface area contributed by atoms with Gasteiger partial charge < -0.3 is 5.32 Å². The van der Waals surface area contributed by atoms with E-state index >= 15 is 0 Å². The standard InChI is InChI=1S/C16H19Cl2NOS/c17-13-4-2-11(6-14(13)18)8-21-9-16(20)19-15-7-10-1-3-12(15)5-10/h2,4,6,10,12,15H,1,3,5,7-9H2,(H,19,20). The van der Waals surface area contributed by atoms with Gasteiger partial charge in [0, 0.05) is 11.8 Å².